The lowest BCUT2D eigenvalue weighted by molar-refractivity contribution is 0.332. The second-order valence-electron chi connectivity index (χ2n) is 26.9. The zero-order valence-electron chi connectivity index (χ0n) is 46.4. The first-order chi connectivity index (χ1) is 35.6. The van der Waals surface area contributed by atoms with E-state index in [1.807, 2.05) is 0 Å². The number of rotatable bonds is 3. The van der Waals surface area contributed by atoms with Crippen molar-refractivity contribution in [3.05, 3.63) is 178 Å². The van der Waals surface area contributed by atoms with Gasteiger partial charge in [0, 0.05) is 61.4 Å². The van der Waals surface area contributed by atoms with Crippen LogP contribution in [0.2, 0.25) is 0 Å². The maximum absolute atomic E-state index is 6.73. The molecule has 4 nitrogen and oxygen atoms in total. The first-order valence-corrected chi connectivity index (χ1v) is 27.8. The Hall–Kier alpha value is -6.98. The molecule has 0 N–H and O–H groups in total. The van der Waals surface area contributed by atoms with E-state index in [2.05, 4.69) is 244 Å². The van der Waals surface area contributed by atoms with Crippen molar-refractivity contribution in [2.75, 3.05) is 9.80 Å². The van der Waals surface area contributed by atoms with Crippen LogP contribution >= 0.6 is 0 Å². The van der Waals surface area contributed by atoms with Crippen molar-refractivity contribution in [1.82, 2.24) is 4.57 Å². The van der Waals surface area contributed by atoms with Crippen LogP contribution in [0.1, 0.15) is 141 Å². The Labute approximate surface area is 444 Å². The van der Waals surface area contributed by atoms with Crippen molar-refractivity contribution in [2.24, 2.45) is 0 Å². The number of hydrogen-bond acceptors (Lipinski definition) is 3. The van der Waals surface area contributed by atoms with E-state index in [1.165, 1.54) is 118 Å². The predicted octanol–water partition coefficient (Wildman–Crippen LogP) is 17.4. The van der Waals surface area contributed by atoms with E-state index in [0.29, 0.717) is 0 Å². The van der Waals surface area contributed by atoms with Crippen LogP contribution in [0.4, 0.5) is 34.1 Å². The summed E-state index contributed by atoms with van der Waals surface area (Å²) >= 11 is 0. The van der Waals surface area contributed by atoms with Gasteiger partial charge in [-0.05, 0) is 195 Å². The third-order valence-electron chi connectivity index (χ3n) is 19.0. The van der Waals surface area contributed by atoms with Crippen LogP contribution < -0.4 is 26.2 Å². The summed E-state index contributed by atoms with van der Waals surface area (Å²) in [7, 11) is 0. The largest absolute Gasteiger partial charge is 0.456 e. The van der Waals surface area contributed by atoms with Gasteiger partial charge in [0.05, 0.1) is 11.0 Å². The molecule has 2 aliphatic heterocycles. The molecule has 4 aliphatic rings. The normalized spacial score (nSPS) is 17.8. The summed E-state index contributed by atoms with van der Waals surface area (Å²) < 4.78 is 9.25. The molecule has 2 aliphatic carbocycles. The minimum absolute atomic E-state index is 0.00685. The maximum Gasteiger partial charge on any atom is 0.252 e. The summed E-state index contributed by atoms with van der Waals surface area (Å²) in [5, 5.41) is 4.83. The molecule has 14 rings (SSSR count). The summed E-state index contributed by atoms with van der Waals surface area (Å²) in [6, 6.07) is 54.7. The highest BCUT2D eigenvalue weighted by atomic mass is 16.3. The van der Waals surface area contributed by atoms with Gasteiger partial charge in [-0.3, -0.25) is 0 Å². The van der Waals surface area contributed by atoms with Gasteiger partial charge in [-0.2, -0.15) is 0 Å². The molecule has 2 aromatic heterocycles. The topological polar surface area (TPSA) is 24.6 Å². The molecule has 0 saturated heterocycles. The standard InChI is InChI=1S/C70H70BN3O/c1-41-33-60-64-61(34-41)73(45-22-26-51-52(37-45)68(8,9)30-29-67(51,6)7)59-40-54-53(69(10,11)31-32-70(54,12)13)39-56(59)71(64)55-27-23-46(74-57-20-15-14-18-47(57)49-19-16-17-42(2)65(49)74)38-58(55)72(60)44-24-28-62-50(36-44)48-25-21-43(66(3,4)5)35-63(48)75-62/h14-28,33-40H,29-32H2,1-13H3. The fraction of sp³-hybridized carbons (Fsp3) is 0.314. The monoisotopic (exact) mass is 980 g/mol. The minimum Gasteiger partial charge on any atom is -0.456 e. The molecule has 8 aromatic carbocycles. The molecule has 75 heavy (non-hydrogen) atoms. The summed E-state index contributed by atoms with van der Waals surface area (Å²) in [6.07, 6.45) is 4.68. The van der Waals surface area contributed by atoms with E-state index in [0.717, 1.165) is 46.2 Å². The van der Waals surface area contributed by atoms with Gasteiger partial charge < -0.3 is 18.8 Å². The number of fused-ring (bicyclic) bond motifs is 12. The van der Waals surface area contributed by atoms with Crippen LogP contribution in [-0.2, 0) is 27.1 Å². The number of hydrogen-bond donors (Lipinski definition) is 0. The Kier molecular flexibility index (Phi) is 9.52. The first-order valence-electron chi connectivity index (χ1n) is 27.8. The second-order valence-corrected chi connectivity index (χ2v) is 26.9. The zero-order chi connectivity index (χ0) is 52.0. The smallest absolute Gasteiger partial charge is 0.252 e. The molecular weight excluding hydrogens is 910 g/mol. The van der Waals surface area contributed by atoms with Gasteiger partial charge in [0.25, 0.3) is 6.71 Å². The Morgan fingerprint density at radius 3 is 1.76 bits per heavy atom. The third-order valence-corrected chi connectivity index (χ3v) is 19.0. The number of benzene rings is 8. The predicted molar refractivity (Wildman–Crippen MR) is 321 cm³/mol. The molecule has 0 unspecified atom stereocenters. The fourth-order valence-electron chi connectivity index (χ4n) is 14.4. The Morgan fingerprint density at radius 2 is 1.05 bits per heavy atom. The van der Waals surface area contributed by atoms with Crippen LogP contribution in [0, 0.1) is 13.8 Å². The van der Waals surface area contributed by atoms with Crippen molar-refractivity contribution in [3.63, 3.8) is 0 Å². The van der Waals surface area contributed by atoms with Gasteiger partial charge in [-0.1, -0.05) is 143 Å². The number of furan rings is 1. The van der Waals surface area contributed by atoms with Gasteiger partial charge in [0.2, 0.25) is 0 Å². The highest BCUT2D eigenvalue weighted by molar-refractivity contribution is 7.00. The summed E-state index contributed by atoms with van der Waals surface area (Å²) in [5.41, 5.74) is 26.9. The molecule has 10 aromatic rings. The van der Waals surface area contributed by atoms with Crippen LogP contribution in [0.25, 0.3) is 49.4 Å². The van der Waals surface area contributed by atoms with Crippen LogP contribution in [0.5, 0.6) is 0 Å². The molecule has 374 valence electrons. The van der Waals surface area contributed by atoms with Crippen LogP contribution in [-0.4, -0.2) is 11.3 Å². The third kappa shape index (κ3) is 6.68. The van der Waals surface area contributed by atoms with E-state index < -0.39 is 0 Å². The molecule has 0 fully saturated rings. The van der Waals surface area contributed by atoms with Gasteiger partial charge in [0.15, 0.2) is 0 Å². The first kappa shape index (κ1) is 46.5. The van der Waals surface area contributed by atoms with Gasteiger partial charge in [-0.15, -0.1) is 0 Å². The second kappa shape index (κ2) is 15.3. The molecule has 0 radical (unpaired) electrons. The molecule has 4 heterocycles. The Balaban J connectivity index is 1.09. The summed E-state index contributed by atoms with van der Waals surface area (Å²) in [5.74, 6) is 0. The van der Waals surface area contributed by atoms with Crippen LogP contribution in [0.3, 0.4) is 0 Å². The number of nitrogens with zero attached hydrogens (tertiary/aromatic N) is 3. The fourth-order valence-corrected chi connectivity index (χ4v) is 14.4. The molecule has 0 atom stereocenters. The van der Waals surface area contributed by atoms with Gasteiger partial charge in [0.1, 0.15) is 11.2 Å². The number of para-hydroxylation sites is 2. The average Bonchev–Trinajstić information content (AvgIpc) is 3.93. The highest BCUT2D eigenvalue weighted by Crippen LogP contribution is 2.53. The van der Waals surface area contributed by atoms with Gasteiger partial charge in [-0.25, -0.2) is 0 Å². The molecule has 0 saturated carbocycles. The molecule has 0 bridgehead atoms. The van der Waals surface area contributed by atoms with E-state index in [9.17, 15) is 0 Å². The van der Waals surface area contributed by atoms with Crippen LogP contribution in [0.15, 0.2) is 144 Å². The van der Waals surface area contributed by atoms with Crippen molar-refractivity contribution in [2.45, 2.75) is 143 Å². The van der Waals surface area contributed by atoms with Crippen molar-refractivity contribution < 1.29 is 4.42 Å². The summed E-state index contributed by atoms with van der Waals surface area (Å²) in [6.45, 7) is 31.1. The number of anilines is 6. The van der Waals surface area contributed by atoms with E-state index in [4.69, 9.17) is 4.42 Å². The summed E-state index contributed by atoms with van der Waals surface area (Å²) in [4.78, 5) is 5.29. The quantitative estimate of drug-likeness (QED) is 0.165. The van der Waals surface area contributed by atoms with Gasteiger partial charge >= 0.3 is 0 Å². The van der Waals surface area contributed by atoms with Crippen molar-refractivity contribution in [3.8, 4) is 5.69 Å². The van der Waals surface area contributed by atoms with E-state index in [1.54, 1.807) is 0 Å². The highest BCUT2D eigenvalue weighted by Gasteiger charge is 2.47. The zero-order valence-corrected chi connectivity index (χ0v) is 46.4. The molecule has 0 amide bonds. The van der Waals surface area contributed by atoms with Crippen molar-refractivity contribution >= 4 is 101 Å². The molecular formula is C70H70BN3O. The Morgan fingerprint density at radius 1 is 0.453 bits per heavy atom. The maximum atomic E-state index is 6.73. The SMILES string of the molecule is Cc1cc2c3c(c1)N(c1ccc4c(c1)C(C)(C)CCC4(C)C)c1cc4c(cc1B3c1ccc(-n3c5ccccc5c5cccc(C)c53)cc1N2c1ccc2oc3cc(C(C)(C)C)ccc3c2c1)C(C)(C)CCC4(C)C. The van der Waals surface area contributed by atoms with E-state index >= 15 is 0 Å². The molecule has 5 heteroatoms. The van der Waals surface area contributed by atoms with Crippen molar-refractivity contribution in [1.29, 1.82) is 0 Å². The average molecular weight is 980 g/mol. The lowest BCUT2D eigenvalue weighted by Crippen LogP contribution is -2.62. The lowest BCUT2D eigenvalue weighted by atomic mass is 9.33. The molecule has 0 spiro atoms. The lowest BCUT2D eigenvalue weighted by Gasteiger charge is -2.48. The van der Waals surface area contributed by atoms with E-state index in [-0.39, 0.29) is 33.8 Å². The number of aryl methyl sites for hydroxylation is 2. The number of aromatic nitrogens is 1. The minimum atomic E-state index is -0.0181. The Bertz CT molecular complexity index is 4110.